The highest BCUT2D eigenvalue weighted by molar-refractivity contribution is 5.06. The zero-order valence-corrected chi connectivity index (χ0v) is 9.42. The van der Waals surface area contributed by atoms with E-state index in [9.17, 15) is 5.11 Å². The van der Waals surface area contributed by atoms with Gasteiger partial charge in [0.15, 0.2) is 5.79 Å². The van der Waals surface area contributed by atoms with Crippen molar-refractivity contribution in [2.24, 2.45) is 5.73 Å². The number of hydrogen-bond donors (Lipinski definition) is 2. The molecule has 0 unspecified atom stereocenters. The normalized spacial score (nSPS) is 27.9. The summed E-state index contributed by atoms with van der Waals surface area (Å²) in [5.41, 5.74) is 5.87. The summed E-state index contributed by atoms with van der Waals surface area (Å²) in [4.78, 5) is 0. The van der Waals surface area contributed by atoms with Crippen molar-refractivity contribution in [1.29, 1.82) is 0 Å². The molecule has 1 aromatic rings. The van der Waals surface area contributed by atoms with Gasteiger partial charge in [0.1, 0.15) is 18.0 Å². The fourth-order valence-electron chi connectivity index (χ4n) is 1.76. The van der Waals surface area contributed by atoms with E-state index in [0.717, 1.165) is 0 Å². The molecule has 0 bridgehead atoms. The Hall–Kier alpha value is -0.880. The second kappa shape index (κ2) is 4.18. The first-order chi connectivity index (χ1) is 7.49. The van der Waals surface area contributed by atoms with Crippen molar-refractivity contribution in [2.75, 3.05) is 6.61 Å². The van der Waals surface area contributed by atoms with Gasteiger partial charge >= 0.3 is 0 Å². The molecule has 0 amide bonds. The summed E-state index contributed by atoms with van der Waals surface area (Å²) in [6.07, 6.45) is 0.265. The summed E-state index contributed by atoms with van der Waals surface area (Å²) in [5, 5.41) is 10.0. The van der Waals surface area contributed by atoms with Gasteiger partial charge < -0.3 is 24.7 Å². The Balaban J connectivity index is 2.00. The lowest BCUT2D eigenvalue weighted by Gasteiger charge is -2.23. The monoisotopic (exact) mass is 227 g/mol. The van der Waals surface area contributed by atoms with Crippen molar-refractivity contribution >= 4 is 0 Å². The van der Waals surface area contributed by atoms with Crippen molar-refractivity contribution in [3.05, 3.63) is 24.2 Å². The Morgan fingerprint density at radius 3 is 2.81 bits per heavy atom. The van der Waals surface area contributed by atoms with Crippen LogP contribution >= 0.6 is 0 Å². The van der Waals surface area contributed by atoms with E-state index in [-0.39, 0.29) is 0 Å². The number of hydrogen-bond acceptors (Lipinski definition) is 5. The molecule has 0 spiro atoms. The van der Waals surface area contributed by atoms with Crippen LogP contribution in [0, 0.1) is 0 Å². The maximum atomic E-state index is 10.0. The van der Waals surface area contributed by atoms with Crippen LogP contribution in [0.1, 0.15) is 25.6 Å². The van der Waals surface area contributed by atoms with E-state index in [4.69, 9.17) is 19.6 Å². The SMILES string of the molecule is CC1(C)OC[C@H]([C@@H](O)[C@@H](N)c2ccco2)O1. The summed E-state index contributed by atoms with van der Waals surface area (Å²) in [6, 6.07) is 2.87. The van der Waals surface area contributed by atoms with Crippen molar-refractivity contribution in [3.63, 3.8) is 0 Å². The van der Waals surface area contributed by atoms with E-state index in [1.54, 1.807) is 26.0 Å². The zero-order valence-electron chi connectivity index (χ0n) is 9.42. The van der Waals surface area contributed by atoms with Crippen molar-refractivity contribution in [2.45, 2.75) is 37.9 Å². The topological polar surface area (TPSA) is 77.9 Å². The summed E-state index contributed by atoms with van der Waals surface area (Å²) < 4.78 is 16.1. The average molecular weight is 227 g/mol. The molecule has 2 rings (SSSR count). The van der Waals surface area contributed by atoms with Gasteiger partial charge in [-0.05, 0) is 26.0 Å². The molecule has 0 saturated carbocycles. The van der Waals surface area contributed by atoms with Gasteiger partial charge in [0.05, 0.1) is 18.9 Å². The predicted molar refractivity (Wildman–Crippen MR) is 56.5 cm³/mol. The highest BCUT2D eigenvalue weighted by atomic mass is 16.7. The summed E-state index contributed by atoms with van der Waals surface area (Å²) in [6.45, 7) is 3.94. The number of rotatable bonds is 3. The molecule has 1 aliphatic rings. The number of furan rings is 1. The maximum Gasteiger partial charge on any atom is 0.163 e. The van der Waals surface area contributed by atoms with Gasteiger partial charge in [-0.25, -0.2) is 0 Å². The fourth-order valence-corrected chi connectivity index (χ4v) is 1.76. The molecule has 5 nitrogen and oxygen atoms in total. The third kappa shape index (κ3) is 2.27. The molecule has 1 aliphatic heterocycles. The molecular formula is C11H17NO4. The largest absolute Gasteiger partial charge is 0.468 e. The Morgan fingerprint density at radius 1 is 1.56 bits per heavy atom. The summed E-state index contributed by atoms with van der Waals surface area (Å²) >= 11 is 0. The minimum atomic E-state index is -0.840. The molecule has 3 atom stereocenters. The van der Waals surface area contributed by atoms with Crippen molar-refractivity contribution in [3.8, 4) is 0 Å². The lowest BCUT2D eigenvalue weighted by molar-refractivity contribution is -0.153. The van der Waals surface area contributed by atoms with Gasteiger partial charge in [0, 0.05) is 0 Å². The average Bonchev–Trinajstić information content (AvgIpc) is 2.84. The Labute approximate surface area is 94.1 Å². The molecule has 1 aromatic heterocycles. The summed E-state index contributed by atoms with van der Waals surface area (Å²) in [7, 11) is 0. The molecule has 0 aliphatic carbocycles. The van der Waals surface area contributed by atoms with Crippen LogP contribution in [-0.4, -0.2) is 29.7 Å². The first kappa shape index (κ1) is 11.6. The van der Waals surface area contributed by atoms with Gasteiger partial charge in [-0.1, -0.05) is 0 Å². The predicted octanol–water partition coefficient (Wildman–Crippen LogP) is 0.792. The molecule has 1 fully saturated rings. The van der Waals surface area contributed by atoms with Crippen LogP contribution in [0.3, 0.4) is 0 Å². The minimum Gasteiger partial charge on any atom is -0.468 e. The van der Waals surface area contributed by atoms with E-state index in [1.165, 1.54) is 6.26 Å². The van der Waals surface area contributed by atoms with Crippen LogP contribution < -0.4 is 5.73 Å². The lowest BCUT2D eigenvalue weighted by atomic mass is 10.0. The minimum absolute atomic E-state index is 0.336. The summed E-state index contributed by atoms with van der Waals surface area (Å²) in [5.74, 6) is -0.116. The number of nitrogens with two attached hydrogens (primary N) is 1. The molecule has 90 valence electrons. The van der Waals surface area contributed by atoms with Crippen molar-refractivity contribution < 1.29 is 19.0 Å². The highest BCUT2D eigenvalue weighted by Gasteiger charge is 2.39. The van der Waals surface area contributed by atoms with E-state index in [1.807, 2.05) is 0 Å². The molecule has 0 radical (unpaired) electrons. The molecule has 3 N–H and O–H groups in total. The number of aliphatic hydroxyl groups excluding tert-OH is 1. The van der Waals surface area contributed by atoms with Gasteiger partial charge in [-0.3, -0.25) is 0 Å². The third-order valence-electron chi connectivity index (χ3n) is 2.65. The van der Waals surface area contributed by atoms with E-state index < -0.39 is 24.0 Å². The van der Waals surface area contributed by atoms with Crippen LogP contribution in [0.15, 0.2) is 22.8 Å². The van der Waals surface area contributed by atoms with Crippen LogP contribution in [0.5, 0.6) is 0 Å². The number of aliphatic hydroxyl groups is 1. The number of ether oxygens (including phenoxy) is 2. The van der Waals surface area contributed by atoms with Gasteiger partial charge in [0.25, 0.3) is 0 Å². The zero-order chi connectivity index (χ0) is 11.8. The fraction of sp³-hybridized carbons (Fsp3) is 0.636. The van der Waals surface area contributed by atoms with Gasteiger partial charge in [0.2, 0.25) is 0 Å². The van der Waals surface area contributed by atoms with Gasteiger partial charge in [-0.2, -0.15) is 0 Å². The highest BCUT2D eigenvalue weighted by Crippen LogP contribution is 2.28. The third-order valence-corrected chi connectivity index (χ3v) is 2.65. The molecule has 1 saturated heterocycles. The van der Waals surface area contributed by atoms with Gasteiger partial charge in [-0.15, -0.1) is 0 Å². The van der Waals surface area contributed by atoms with Crippen LogP contribution in [0.25, 0.3) is 0 Å². The first-order valence-corrected chi connectivity index (χ1v) is 5.28. The molecular weight excluding hydrogens is 210 g/mol. The maximum absolute atomic E-state index is 10.0. The molecule has 0 aromatic carbocycles. The Kier molecular flexibility index (Phi) is 3.03. The van der Waals surface area contributed by atoms with Crippen LogP contribution in [0.2, 0.25) is 0 Å². The second-order valence-electron chi connectivity index (χ2n) is 4.40. The molecule has 2 heterocycles. The Bertz CT molecular complexity index is 336. The van der Waals surface area contributed by atoms with E-state index >= 15 is 0 Å². The van der Waals surface area contributed by atoms with Crippen LogP contribution in [-0.2, 0) is 9.47 Å². The second-order valence-corrected chi connectivity index (χ2v) is 4.40. The first-order valence-electron chi connectivity index (χ1n) is 5.28. The lowest BCUT2D eigenvalue weighted by Crippen LogP contribution is -2.38. The Morgan fingerprint density at radius 2 is 2.31 bits per heavy atom. The quantitative estimate of drug-likeness (QED) is 0.798. The smallest absolute Gasteiger partial charge is 0.163 e. The van der Waals surface area contributed by atoms with E-state index in [0.29, 0.717) is 12.4 Å². The molecule has 16 heavy (non-hydrogen) atoms. The molecule has 5 heteroatoms. The van der Waals surface area contributed by atoms with E-state index in [2.05, 4.69) is 0 Å². The standard InChI is InChI=1S/C11H17NO4/c1-11(2)15-6-8(16-11)10(13)9(12)7-4-3-5-14-7/h3-5,8-10,13H,6,12H2,1-2H3/t8-,9+,10-/m1/s1. The van der Waals surface area contributed by atoms with Crippen molar-refractivity contribution in [1.82, 2.24) is 0 Å². The van der Waals surface area contributed by atoms with Crippen LogP contribution in [0.4, 0.5) is 0 Å².